The molecule has 0 spiro atoms. The number of carbonyl (C=O) groups excluding carboxylic acids is 2. The third-order valence-corrected chi connectivity index (χ3v) is 5.47. The molecule has 0 bridgehead atoms. The first-order valence-corrected chi connectivity index (χ1v) is 11.1. The van der Waals surface area contributed by atoms with E-state index in [1.54, 1.807) is 6.07 Å². The predicted octanol–water partition coefficient (Wildman–Crippen LogP) is 4.76. The summed E-state index contributed by atoms with van der Waals surface area (Å²) in [4.78, 5) is 26.1. The summed E-state index contributed by atoms with van der Waals surface area (Å²) in [6, 6.07) is 11.0. The highest BCUT2D eigenvalue weighted by Crippen LogP contribution is 2.32. The zero-order chi connectivity index (χ0) is 23.3. The summed E-state index contributed by atoms with van der Waals surface area (Å²) < 4.78 is 17.2. The van der Waals surface area contributed by atoms with Crippen LogP contribution in [0.2, 0.25) is 0 Å². The molecule has 1 aromatic heterocycles. The van der Waals surface area contributed by atoms with Crippen LogP contribution in [0.5, 0.6) is 5.75 Å². The second-order valence-electron chi connectivity index (χ2n) is 7.88. The maximum Gasteiger partial charge on any atom is 0.313 e. The van der Waals surface area contributed by atoms with Crippen LogP contribution in [0.4, 0.5) is 0 Å². The van der Waals surface area contributed by atoms with Crippen LogP contribution < -0.4 is 10.5 Å². The van der Waals surface area contributed by atoms with Crippen molar-refractivity contribution in [2.45, 2.75) is 53.1 Å². The number of hydrogen-bond donors (Lipinski definition) is 1. The minimum Gasteiger partial charge on any atom is -0.492 e. The van der Waals surface area contributed by atoms with Crippen LogP contribution in [-0.4, -0.2) is 31.0 Å². The lowest BCUT2D eigenvalue weighted by atomic mass is 9.95. The highest BCUT2D eigenvalue weighted by molar-refractivity contribution is 6.17. The van der Waals surface area contributed by atoms with Crippen molar-refractivity contribution >= 4 is 22.7 Å². The number of hydrogen-bond acceptors (Lipinski definition) is 6. The van der Waals surface area contributed by atoms with Crippen LogP contribution in [-0.2, 0) is 22.4 Å². The normalized spacial score (nSPS) is 12.0. The zero-order valence-corrected chi connectivity index (χ0v) is 19.2. The first kappa shape index (κ1) is 23.5. The van der Waals surface area contributed by atoms with Gasteiger partial charge in [0, 0.05) is 17.5 Å². The largest absolute Gasteiger partial charge is 0.492 e. The molecule has 6 nitrogen and oxygen atoms in total. The lowest BCUT2D eigenvalue weighted by Gasteiger charge is -2.15. The van der Waals surface area contributed by atoms with E-state index in [0.717, 1.165) is 23.3 Å². The quantitative estimate of drug-likeness (QED) is 0.363. The topological polar surface area (TPSA) is 91.8 Å². The van der Waals surface area contributed by atoms with Gasteiger partial charge < -0.3 is 19.6 Å². The molecule has 0 fully saturated rings. The molecule has 170 valence electrons. The Morgan fingerprint density at radius 1 is 1.16 bits per heavy atom. The summed E-state index contributed by atoms with van der Waals surface area (Å²) in [5.74, 6) is 0.487. The molecule has 0 aliphatic carbocycles. The minimum atomic E-state index is -0.414. The Kier molecular flexibility index (Phi) is 7.70. The van der Waals surface area contributed by atoms with E-state index in [9.17, 15) is 9.59 Å². The summed E-state index contributed by atoms with van der Waals surface area (Å²) in [6.45, 7) is 8.55. The average Bonchev–Trinajstić information content (AvgIpc) is 3.14. The lowest BCUT2D eigenvalue weighted by Crippen LogP contribution is -2.17. The van der Waals surface area contributed by atoms with Gasteiger partial charge in [-0.2, -0.15) is 0 Å². The highest BCUT2D eigenvalue weighted by Gasteiger charge is 2.25. The molecule has 0 unspecified atom stereocenters. The van der Waals surface area contributed by atoms with Gasteiger partial charge in [-0.15, -0.1) is 0 Å². The number of fused-ring (bicyclic) bond motifs is 1. The molecule has 3 aromatic rings. The fraction of sp³-hybridized carbons (Fsp3) is 0.385. The van der Waals surface area contributed by atoms with Gasteiger partial charge in [-0.05, 0) is 56.0 Å². The van der Waals surface area contributed by atoms with Crippen molar-refractivity contribution in [1.82, 2.24) is 0 Å². The standard InChI is InChI=1S/C26H31NO5/c1-5-17(4)31-23(28)15-22-24(20-9-7-8-10-21(20)32-22)25(29)19-13-16(3)26(30-12-11-27)18(6-2)14-19/h7-10,13-14,17H,5-6,11-12,15,27H2,1-4H3/t17-/m0/s1. The summed E-state index contributed by atoms with van der Waals surface area (Å²) >= 11 is 0. The molecule has 0 aliphatic rings. The van der Waals surface area contributed by atoms with E-state index in [-0.39, 0.29) is 18.3 Å². The highest BCUT2D eigenvalue weighted by atomic mass is 16.5. The fourth-order valence-electron chi connectivity index (χ4n) is 3.70. The first-order chi connectivity index (χ1) is 15.4. The zero-order valence-electron chi connectivity index (χ0n) is 19.2. The van der Waals surface area contributed by atoms with Crippen LogP contribution in [0, 0.1) is 6.92 Å². The van der Waals surface area contributed by atoms with Gasteiger partial charge in [0.2, 0.25) is 0 Å². The smallest absolute Gasteiger partial charge is 0.313 e. The number of carbonyl (C=O) groups is 2. The number of rotatable bonds is 10. The van der Waals surface area contributed by atoms with Crippen molar-refractivity contribution in [2.24, 2.45) is 5.73 Å². The Morgan fingerprint density at radius 2 is 1.91 bits per heavy atom. The molecule has 2 aromatic carbocycles. The van der Waals surface area contributed by atoms with Crippen molar-refractivity contribution in [3.05, 3.63) is 64.4 Å². The number of nitrogens with two attached hydrogens (primary N) is 1. The second-order valence-corrected chi connectivity index (χ2v) is 7.88. The summed E-state index contributed by atoms with van der Waals surface area (Å²) in [5.41, 5.74) is 8.88. The maximum absolute atomic E-state index is 13.7. The number of esters is 1. The molecule has 2 N–H and O–H groups in total. The van der Waals surface area contributed by atoms with Gasteiger partial charge in [0.25, 0.3) is 0 Å². The fourth-order valence-corrected chi connectivity index (χ4v) is 3.70. The van der Waals surface area contributed by atoms with Crippen LogP contribution >= 0.6 is 0 Å². The Balaban J connectivity index is 2.04. The molecule has 3 rings (SSSR count). The first-order valence-electron chi connectivity index (χ1n) is 11.1. The van der Waals surface area contributed by atoms with E-state index < -0.39 is 5.97 Å². The van der Waals surface area contributed by atoms with E-state index in [1.807, 2.05) is 58.0 Å². The molecule has 32 heavy (non-hydrogen) atoms. The van der Waals surface area contributed by atoms with E-state index in [1.165, 1.54) is 0 Å². The van der Waals surface area contributed by atoms with Crippen molar-refractivity contribution in [1.29, 1.82) is 0 Å². The van der Waals surface area contributed by atoms with Crippen molar-refractivity contribution in [3.8, 4) is 5.75 Å². The van der Waals surface area contributed by atoms with Gasteiger partial charge in [0.1, 0.15) is 30.1 Å². The van der Waals surface area contributed by atoms with Gasteiger partial charge >= 0.3 is 5.97 Å². The van der Waals surface area contributed by atoms with E-state index in [2.05, 4.69) is 0 Å². The van der Waals surface area contributed by atoms with Gasteiger partial charge in [-0.25, -0.2) is 0 Å². The number of ketones is 1. The molecule has 6 heteroatoms. The Labute approximate surface area is 188 Å². The third-order valence-electron chi connectivity index (χ3n) is 5.47. The van der Waals surface area contributed by atoms with Crippen molar-refractivity contribution in [2.75, 3.05) is 13.2 Å². The average molecular weight is 438 g/mol. The molecule has 0 aliphatic heterocycles. The molecule has 1 atom stereocenters. The van der Waals surface area contributed by atoms with Crippen LogP contribution in [0.1, 0.15) is 60.0 Å². The van der Waals surface area contributed by atoms with Crippen LogP contribution in [0.15, 0.2) is 40.8 Å². The maximum atomic E-state index is 13.7. The van der Waals surface area contributed by atoms with E-state index in [0.29, 0.717) is 47.4 Å². The number of para-hydroxylation sites is 1. The minimum absolute atomic E-state index is 0.0998. The van der Waals surface area contributed by atoms with Gasteiger partial charge in [0.05, 0.1) is 11.7 Å². The number of benzene rings is 2. The summed E-state index contributed by atoms with van der Waals surface area (Å²) in [6.07, 6.45) is 1.14. The molecule has 0 saturated carbocycles. The van der Waals surface area contributed by atoms with Crippen molar-refractivity contribution < 1.29 is 23.5 Å². The molecule has 0 amide bonds. The Bertz CT molecular complexity index is 1110. The van der Waals surface area contributed by atoms with Gasteiger partial charge in [0.15, 0.2) is 5.78 Å². The summed E-state index contributed by atoms with van der Waals surface area (Å²) in [7, 11) is 0. The number of ether oxygens (including phenoxy) is 2. The molecular weight excluding hydrogens is 406 g/mol. The SMILES string of the molecule is CCc1cc(C(=O)c2c(CC(=O)O[C@@H](C)CC)oc3ccccc23)cc(C)c1OCCN. The second kappa shape index (κ2) is 10.5. The molecule has 0 saturated heterocycles. The number of aryl methyl sites for hydroxylation is 2. The van der Waals surface area contributed by atoms with Gasteiger partial charge in [-0.1, -0.05) is 32.0 Å². The molecular formula is C26H31NO5. The number of furan rings is 1. The molecule has 1 heterocycles. The monoisotopic (exact) mass is 437 g/mol. The van der Waals surface area contributed by atoms with E-state index in [4.69, 9.17) is 19.6 Å². The van der Waals surface area contributed by atoms with E-state index >= 15 is 0 Å². The van der Waals surface area contributed by atoms with Crippen LogP contribution in [0.25, 0.3) is 11.0 Å². The summed E-state index contributed by atoms with van der Waals surface area (Å²) in [5, 5.41) is 0.683. The van der Waals surface area contributed by atoms with Gasteiger partial charge in [-0.3, -0.25) is 9.59 Å². The van der Waals surface area contributed by atoms with Crippen molar-refractivity contribution in [3.63, 3.8) is 0 Å². The lowest BCUT2D eigenvalue weighted by molar-refractivity contribution is -0.147. The molecule has 0 radical (unpaired) electrons. The third kappa shape index (κ3) is 5.02. The Morgan fingerprint density at radius 3 is 2.59 bits per heavy atom. The van der Waals surface area contributed by atoms with Crippen LogP contribution in [0.3, 0.4) is 0 Å². The Hall–Kier alpha value is -3.12. The predicted molar refractivity (Wildman–Crippen MR) is 124 cm³/mol.